The molecule has 8 N–H and O–H groups in total. The molecule has 2 heterocycles. The molecule has 2 rings (SSSR count). The molecule has 0 spiro atoms. The number of pyridine rings is 1. The van der Waals surface area contributed by atoms with E-state index in [0.29, 0.717) is 0 Å². The number of nitrogens with one attached hydrogen (secondary N) is 5. The summed E-state index contributed by atoms with van der Waals surface area (Å²) < 4.78 is 12.2. The van der Waals surface area contributed by atoms with Crippen LogP contribution in [0.3, 0.4) is 0 Å². The van der Waals surface area contributed by atoms with Crippen LogP contribution in [-0.2, 0) is 35.2 Å². The van der Waals surface area contributed by atoms with E-state index in [9.17, 15) is 39.3 Å². The van der Waals surface area contributed by atoms with Gasteiger partial charge in [0.15, 0.2) is 18.6 Å². The molecule has 1 aliphatic heterocycles. The zero-order valence-electron chi connectivity index (χ0n) is 22.6. The zero-order valence-corrected chi connectivity index (χ0v) is 22.6. The third kappa shape index (κ3) is 10.4. The van der Waals surface area contributed by atoms with Crippen molar-refractivity contribution in [1.29, 1.82) is 0 Å². The lowest BCUT2D eigenvalue weighted by Gasteiger charge is -2.42. The molecule has 0 radical (unpaired) electrons. The van der Waals surface area contributed by atoms with E-state index >= 15 is 0 Å². The van der Waals surface area contributed by atoms with E-state index in [4.69, 9.17) is 9.47 Å². The van der Waals surface area contributed by atoms with Crippen LogP contribution in [0.4, 0.5) is 4.79 Å². The van der Waals surface area contributed by atoms with Crippen molar-refractivity contribution in [2.45, 2.75) is 82.9 Å². The lowest BCUT2D eigenvalue weighted by molar-refractivity contribution is -0.684. The molecule has 0 aliphatic carbocycles. The molecule has 5 amide bonds. The minimum absolute atomic E-state index is 0.129. The molecule has 16 heteroatoms. The number of nitrogens with zero attached hydrogens (tertiary/aromatic N) is 1. The van der Waals surface area contributed by atoms with Crippen LogP contribution in [0.25, 0.3) is 0 Å². The quantitative estimate of drug-likeness (QED) is 0.108. The second-order valence-electron chi connectivity index (χ2n) is 10.0. The topological polar surface area (TPSA) is 229 Å². The highest BCUT2D eigenvalue weighted by atomic mass is 16.6. The Morgan fingerprint density at radius 2 is 1.62 bits per heavy atom. The van der Waals surface area contributed by atoms with Gasteiger partial charge in [0.25, 0.3) is 5.91 Å². The van der Waals surface area contributed by atoms with Crippen LogP contribution in [0.15, 0.2) is 30.6 Å². The highest BCUT2D eigenvalue weighted by Gasteiger charge is 2.45. The van der Waals surface area contributed by atoms with Crippen molar-refractivity contribution in [2.24, 2.45) is 0 Å². The van der Waals surface area contributed by atoms with E-state index < -0.39 is 85.0 Å². The van der Waals surface area contributed by atoms with Crippen molar-refractivity contribution < 1.29 is 53.3 Å². The number of alkyl carbamates (subject to hydrolysis) is 1. The molecule has 0 unspecified atom stereocenters. The van der Waals surface area contributed by atoms with E-state index in [0.717, 1.165) is 6.92 Å². The smallest absolute Gasteiger partial charge is 0.408 e. The van der Waals surface area contributed by atoms with E-state index in [-0.39, 0.29) is 6.54 Å². The fourth-order valence-electron chi connectivity index (χ4n) is 3.66. The second-order valence-corrected chi connectivity index (χ2v) is 10.0. The fourth-order valence-corrected chi connectivity index (χ4v) is 3.66. The van der Waals surface area contributed by atoms with Gasteiger partial charge in [-0.25, -0.2) is 4.79 Å². The Morgan fingerprint density at radius 3 is 2.20 bits per heavy atom. The van der Waals surface area contributed by atoms with Gasteiger partial charge < -0.3 is 40.7 Å². The van der Waals surface area contributed by atoms with Crippen molar-refractivity contribution in [3.05, 3.63) is 30.6 Å². The van der Waals surface area contributed by atoms with Crippen LogP contribution in [0.1, 0.15) is 34.1 Å². The number of aliphatic hydroxyl groups excluding tert-OH is 3. The monoisotopic (exact) mass is 569 g/mol. The van der Waals surface area contributed by atoms with Crippen molar-refractivity contribution in [3.8, 4) is 0 Å². The molecule has 6 atom stereocenters. The summed E-state index contributed by atoms with van der Waals surface area (Å²) in [6, 6.07) is 2.32. The number of hydrogen-bond donors (Lipinski definition) is 8. The summed E-state index contributed by atoms with van der Waals surface area (Å²) in [5, 5.41) is 37.0. The van der Waals surface area contributed by atoms with Gasteiger partial charge in [0.1, 0.15) is 36.0 Å². The Morgan fingerprint density at radius 1 is 0.975 bits per heavy atom. The molecule has 40 heavy (non-hydrogen) atoms. The fraction of sp³-hybridized carbons (Fsp3) is 0.583. The highest BCUT2D eigenvalue weighted by Crippen LogP contribution is 2.20. The summed E-state index contributed by atoms with van der Waals surface area (Å²) in [6.45, 7) is 5.09. The molecule has 1 saturated heterocycles. The molecule has 222 valence electrons. The van der Waals surface area contributed by atoms with Crippen molar-refractivity contribution >= 4 is 29.7 Å². The second kappa shape index (κ2) is 14.5. The maximum absolute atomic E-state index is 12.9. The average molecular weight is 570 g/mol. The van der Waals surface area contributed by atoms with Crippen LogP contribution in [-0.4, -0.2) is 93.9 Å². The Hall–Kier alpha value is -3.86. The molecule has 1 fully saturated rings. The number of hydrazine groups is 1. The molecule has 16 nitrogen and oxygen atoms in total. The number of amides is 5. The maximum Gasteiger partial charge on any atom is 0.408 e. The van der Waals surface area contributed by atoms with Crippen molar-refractivity contribution in [1.82, 2.24) is 26.8 Å². The predicted octanol–water partition coefficient (Wildman–Crippen LogP) is -3.54. The van der Waals surface area contributed by atoms with Crippen molar-refractivity contribution in [2.75, 3.05) is 6.61 Å². The number of aromatic nitrogens is 1. The lowest BCUT2D eigenvalue weighted by atomic mass is 9.95. The number of ether oxygens (including phenoxy) is 2. The Kier molecular flexibility index (Phi) is 11.7. The summed E-state index contributed by atoms with van der Waals surface area (Å²) in [6.07, 6.45) is -4.33. The van der Waals surface area contributed by atoms with Gasteiger partial charge in [0, 0.05) is 19.1 Å². The summed E-state index contributed by atoms with van der Waals surface area (Å²) in [5.74, 6) is -3.04. The molecule has 1 aromatic heterocycles. The molecular weight excluding hydrogens is 532 g/mol. The Labute approximate surface area is 230 Å². The molecular formula is C24H37N6O10+. The number of aliphatic hydroxyl groups is 3. The van der Waals surface area contributed by atoms with Gasteiger partial charge in [-0.15, -0.1) is 0 Å². The van der Waals surface area contributed by atoms with E-state index in [2.05, 4.69) is 26.8 Å². The minimum Gasteiger partial charge on any atom is -0.444 e. The normalized spacial score (nSPS) is 23.2. The van der Waals surface area contributed by atoms with E-state index in [1.165, 1.54) is 0 Å². The van der Waals surface area contributed by atoms with Gasteiger partial charge in [-0.1, -0.05) is 6.07 Å². The van der Waals surface area contributed by atoms with Crippen LogP contribution < -0.4 is 31.4 Å². The number of carbonyl (C=O) groups excluding carboxylic acids is 5. The Balaban J connectivity index is 2.11. The number of rotatable bonds is 9. The summed E-state index contributed by atoms with van der Waals surface area (Å²) in [7, 11) is 0. The average Bonchev–Trinajstić information content (AvgIpc) is 2.85. The number of carbonyl (C=O) groups is 5. The Bertz CT molecular complexity index is 1050. The van der Waals surface area contributed by atoms with Crippen LogP contribution in [0.5, 0.6) is 0 Å². The summed E-state index contributed by atoms with van der Waals surface area (Å²) in [4.78, 5) is 62.0. The molecule has 1 aromatic rings. The predicted molar refractivity (Wildman–Crippen MR) is 134 cm³/mol. The van der Waals surface area contributed by atoms with Crippen LogP contribution in [0.2, 0.25) is 0 Å². The van der Waals surface area contributed by atoms with Gasteiger partial charge in [0.05, 0.1) is 13.0 Å². The third-order valence-electron chi connectivity index (χ3n) is 5.43. The first-order valence-electron chi connectivity index (χ1n) is 12.4. The first kappa shape index (κ1) is 32.4. The first-order valence-corrected chi connectivity index (χ1v) is 12.4. The van der Waals surface area contributed by atoms with Gasteiger partial charge in [-0.05, 0) is 20.8 Å². The van der Waals surface area contributed by atoms with Crippen LogP contribution >= 0.6 is 0 Å². The molecule has 0 aromatic carbocycles. The van der Waals surface area contributed by atoms with Gasteiger partial charge >= 0.3 is 12.0 Å². The summed E-state index contributed by atoms with van der Waals surface area (Å²) >= 11 is 0. The van der Waals surface area contributed by atoms with Gasteiger partial charge in [0.2, 0.25) is 18.4 Å². The lowest BCUT2D eigenvalue weighted by Crippen LogP contribution is -2.68. The molecule has 0 bridgehead atoms. The van der Waals surface area contributed by atoms with E-state index in [1.807, 2.05) is 0 Å². The summed E-state index contributed by atoms with van der Waals surface area (Å²) in [5.41, 5.74) is 3.42. The van der Waals surface area contributed by atoms with Gasteiger partial charge in [-0.2, -0.15) is 4.57 Å². The molecule has 0 saturated carbocycles. The first-order chi connectivity index (χ1) is 18.7. The standard InChI is InChI=1S/C24H36N6O10/c1-13(32)25-18-20(36)19(35)15(12-31)39-22(18)27-16(33)10-14(26-23(38)40-24(2,3)4)21(37)29-28-17(34)11-30-8-6-5-7-9-30/h5-9,14-15,18-20,22,31,35-36H,10-12H2,1-4H3,(H4-,25,26,27,28,29,32,33,34,37,38)/p+1/t14-,15+,18+,19+,20+,22+/m0/s1. The zero-order chi connectivity index (χ0) is 30.0. The van der Waals surface area contributed by atoms with E-state index in [1.54, 1.807) is 55.9 Å². The largest absolute Gasteiger partial charge is 0.444 e. The van der Waals surface area contributed by atoms with Crippen molar-refractivity contribution in [3.63, 3.8) is 0 Å². The van der Waals surface area contributed by atoms with Gasteiger partial charge in [-0.3, -0.25) is 30.0 Å². The maximum atomic E-state index is 12.9. The van der Waals surface area contributed by atoms with Crippen LogP contribution in [0, 0.1) is 0 Å². The number of hydrogen-bond acceptors (Lipinski definition) is 10. The third-order valence-corrected chi connectivity index (χ3v) is 5.43. The SMILES string of the molecule is CC(=O)N[C@@H]1[C@@H](O)[C@H](O)[C@@H](CO)O[C@H]1NC(=O)C[C@H](NC(=O)OC(C)(C)C)C(=O)NNC(=O)C[n+]1ccccc1. The minimum atomic E-state index is -1.61. The molecule has 1 aliphatic rings. The highest BCUT2D eigenvalue weighted by molar-refractivity contribution is 5.92.